The highest BCUT2D eigenvalue weighted by molar-refractivity contribution is 5.82. The molecule has 0 fully saturated rings. The normalized spacial score (nSPS) is 14.5. The maximum Gasteiger partial charge on any atom is 0.384 e. The summed E-state index contributed by atoms with van der Waals surface area (Å²) < 4.78 is 142. The second kappa shape index (κ2) is 9.03. The predicted molar refractivity (Wildman–Crippen MR) is 76.3 cm³/mol. The molecule has 0 aromatic heterocycles. The van der Waals surface area contributed by atoms with Crippen LogP contribution in [0.4, 0.5) is 43.9 Å². The van der Waals surface area contributed by atoms with Crippen LogP contribution < -0.4 is 0 Å². The van der Waals surface area contributed by atoms with Crippen molar-refractivity contribution in [2.24, 2.45) is 0 Å². The Kier molecular flexibility index (Phi) is 8.32. The van der Waals surface area contributed by atoms with Gasteiger partial charge in [0.05, 0.1) is 0 Å². The van der Waals surface area contributed by atoms with Gasteiger partial charge in [-0.2, -0.15) is 43.9 Å². The quantitative estimate of drug-likeness (QED) is 0.283. The lowest BCUT2D eigenvalue weighted by Crippen LogP contribution is -2.68. The van der Waals surface area contributed by atoms with Gasteiger partial charge in [-0.25, -0.2) is 9.59 Å². The zero-order chi connectivity index (χ0) is 23.3. The number of hydrogen-bond acceptors (Lipinski definition) is 4. The van der Waals surface area contributed by atoms with E-state index in [1.165, 1.54) is 0 Å². The number of allylic oxidation sites excluding steroid dienone is 2. The van der Waals surface area contributed by atoms with Crippen molar-refractivity contribution >= 4 is 11.9 Å². The molecule has 0 aliphatic carbocycles. The number of halogens is 10. The summed E-state index contributed by atoms with van der Waals surface area (Å²) in [5.74, 6) is -37.3. The molecule has 0 aliphatic heterocycles. The standard InChI is InChI=1S/C15H14F10O4/c1-3-5-9(26)28-7-11(16,17)13(20,21)15(24,25)14(22,23)12(18,19)8-29-10(27)6-4-2/h3-6H,7-8H2,1-2H3. The third kappa shape index (κ3) is 5.41. The first-order valence-corrected chi connectivity index (χ1v) is 7.39. The highest BCUT2D eigenvalue weighted by atomic mass is 19.4. The molecule has 0 rings (SSSR count). The molecule has 4 nitrogen and oxygen atoms in total. The summed E-state index contributed by atoms with van der Waals surface area (Å²) in [7, 11) is 0. The lowest BCUT2D eigenvalue weighted by Gasteiger charge is -2.38. The largest absolute Gasteiger partial charge is 0.456 e. The van der Waals surface area contributed by atoms with Crippen molar-refractivity contribution in [3.8, 4) is 0 Å². The molecule has 0 saturated carbocycles. The van der Waals surface area contributed by atoms with Gasteiger partial charge in [-0.1, -0.05) is 12.2 Å². The smallest absolute Gasteiger partial charge is 0.384 e. The third-order valence-electron chi connectivity index (χ3n) is 3.10. The molecule has 0 aromatic carbocycles. The van der Waals surface area contributed by atoms with Crippen LogP contribution in [0.1, 0.15) is 13.8 Å². The number of alkyl halides is 10. The molecular weight excluding hydrogens is 434 g/mol. The van der Waals surface area contributed by atoms with E-state index in [2.05, 4.69) is 9.47 Å². The van der Waals surface area contributed by atoms with Crippen molar-refractivity contribution < 1.29 is 63.0 Å². The second-order valence-corrected chi connectivity index (χ2v) is 5.35. The van der Waals surface area contributed by atoms with Crippen LogP contribution in [0.5, 0.6) is 0 Å². The molecule has 0 atom stereocenters. The fraction of sp³-hybridized carbons (Fsp3) is 0.600. The van der Waals surface area contributed by atoms with E-state index in [4.69, 9.17) is 0 Å². The van der Waals surface area contributed by atoms with E-state index in [-0.39, 0.29) is 0 Å². The van der Waals surface area contributed by atoms with Gasteiger partial charge >= 0.3 is 41.6 Å². The summed E-state index contributed by atoms with van der Waals surface area (Å²) >= 11 is 0. The third-order valence-corrected chi connectivity index (χ3v) is 3.10. The monoisotopic (exact) mass is 448 g/mol. The van der Waals surface area contributed by atoms with Crippen LogP contribution in [-0.4, -0.2) is 54.8 Å². The van der Waals surface area contributed by atoms with Gasteiger partial charge < -0.3 is 9.47 Å². The van der Waals surface area contributed by atoms with Gasteiger partial charge in [0.15, 0.2) is 13.2 Å². The van der Waals surface area contributed by atoms with Crippen molar-refractivity contribution in [3.05, 3.63) is 24.3 Å². The van der Waals surface area contributed by atoms with Crippen LogP contribution in [0.25, 0.3) is 0 Å². The van der Waals surface area contributed by atoms with Crippen LogP contribution in [-0.2, 0) is 19.1 Å². The first-order valence-electron chi connectivity index (χ1n) is 7.39. The SMILES string of the molecule is CC=CC(=O)OCC(F)(F)C(F)(F)C(F)(F)C(F)(F)C(F)(F)COC(=O)C=CC. The van der Waals surface area contributed by atoms with Gasteiger partial charge in [0, 0.05) is 12.2 Å². The fourth-order valence-corrected chi connectivity index (χ4v) is 1.53. The fourth-order valence-electron chi connectivity index (χ4n) is 1.53. The topological polar surface area (TPSA) is 52.6 Å². The summed E-state index contributed by atoms with van der Waals surface area (Å²) in [5, 5.41) is 0. The lowest BCUT2D eigenvalue weighted by atomic mass is 9.95. The Hall–Kier alpha value is -2.28. The molecule has 0 bridgehead atoms. The molecule has 0 saturated heterocycles. The predicted octanol–water partition coefficient (Wildman–Crippen LogP) is 4.40. The molecule has 0 spiro atoms. The van der Waals surface area contributed by atoms with Gasteiger partial charge in [0.25, 0.3) is 0 Å². The molecule has 0 radical (unpaired) electrons. The Morgan fingerprint density at radius 2 is 0.897 bits per heavy atom. The van der Waals surface area contributed by atoms with E-state index in [9.17, 15) is 53.5 Å². The summed E-state index contributed by atoms with van der Waals surface area (Å²) in [6, 6.07) is 0. The zero-order valence-electron chi connectivity index (χ0n) is 14.6. The highest BCUT2D eigenvalue weighted by Crippen LogP contribution is 2.57. The minimum Gasteiger partial charge on any atom is -0.456 e. The van der Waals surface area contributed by atoms with Gasteiger partial charge in [-0.3, -0.25) is 0 Å². The highest BCUT2D eigenvalue weighted by Gasteiger charge is 2.86. The first-order chi connectivity index (χ1) is 12.9. The minimum atomic E-state index is -7.35. The van der Waals surface area contributed by atoms with Crippen molar-refractivity contribution in [2.75, 3.05) is 13.2 Å². The summed E-state index contributed by atoms with van der Waals surface area (Å²) in [5.41, 5.74) is 0. The maximum absolute atomic E-state index is 13.5. The van der Waals surface area contributed by atoms with Gasteiger partial charge in [0.1, 0.15) is 0 Å². The van der Waals surface area contributed by atoms with E-state index in [0.717, 1.165) is 26.0 Å². The Morgan fingerprint density at radius 1 is 0.621 bits per heavy atom. The molecular formula is C15H14F10O4. The van der Waals surface area contributed by atoms with E-state index in [0.29, 0.717) is 12.2 Å². The number of carbonyl (C=O) groups is 2. The van der Waals surface area contributed by atoms with Gasteiger partial charge in [-0.15, -0.1) is 0 Å². The number of rotatable bonds is 10. The Bertz CT molecular complexity index is 601. The summed E-state index contributed by atoms with van der Waals surface area (Å²) in [6.45, 7) is -3.30. The van der Waals surface area contributed by atoms with Crippen LogP contribution in [0.3, 0.4) is 0 Å². The van der Waals surface area contributed by atoms with Gasteiger partial charge in [0.2, 0.25) is 0 Å². The molecule has 0 unspecified atom stereocenters. The minimum absolute atomic E-state index is 0.411. The zero-order valence-corrected chi connectivity index (χ0v) is 14.6. The van der Waals surface area contributed by atoms with Crippen LogP contribution >= 0.6 is 0 Å². The second-order valence-electron chi connectivity index (χ2n) is 5.35. The Morgan fingerprint density at radius 3 is 1.14 bits per heavy atom. The van der Waals surface area contributed by atoms with Crippen LogP contribution in [0, 0.1) is 0 Å². The van der Waals surface area contributed by atoms with E-state index < -0.39 is 54.8 Å². The van der Waals surface area contributed by atoms with Crippen molar-refractivity contribution in [1.29, 1.82) is 0 Å². The van der Waals surface area contributed by atoms with Gasteiger partial charge in [-0.05, 0) is 13.8 Å². The van der Waals surface area contributed by atoms with Crippen molar-refractivity contribution in [1.82, 2.24) is 0 Å². The molecule has 0 aliphatic rings. The van der Waals surface area contributed by atoms with Crippen LogP contribution in [0.2, 0.25) is 0 Å². The van der Waals surface area contributed by atoms with Crippen molar-refractivity contribution in [3.63, 3.8) is 0 Å². The first kappa shape index (κ1) is 26.7. The average molecular weight is 448 g/mol. The number of hydrogen-bond donors (Lipinski definition) is 0. The number of ether oxygens (including phenoxy) is 2. The lowest BCUT2D eigenvalue weighted by molar-refractivity contribution is -0.406. The van der Waals surface area contributed by atoms with Crippen molar-refractivity contribution in [2.45, 2.75) is 43.5 Å². The summed E-state index contributed by atoms with van der Waals surface area (Å²) in [6.07, 6.45) is 2.59. The Balaban J connectivity index is 5.76. The van der Waals surface area contributed by atoms with Crippen LogP contribution in [0.15, 0.2) is 24.3 Å². The molecule has 0 amide bonds. The number of carbonyl (C=O) groups excluding carboxylic acids is 2. The van der Waals surface area contributed by atoms with E-state index >= 15 is 0 Å². The summed E-state index contributed by atoms with van der Waals surface area (Å²) in [4.78, 5) is 21.7. The molecule has 14 heteroatoms. The molecule has 168 valence electrons. The maximum atomic E-state index is 13.5. The number of esters is 2. The Labute approximate surface area is 157 Å². The molecule has 0 aromatic rings. The average Bonchev–Trinajstić information content (AvgIpc) is 2.58. The molecule has 29 heavy (non-hydrogen) atoms. The molecule has 0 N–H and O–H groups in total. The molecule has 0 heterocycles. The van der Waals surface area contributed by atoms with E-state index in [1.807, 2.05) is 0 Å². The van der Waals surface area contributed by atoms with E-state index in [1.54, 1.807) is 0 Å².